The van der Waals surface area contributed by atoms with Crippen LogP contribution in [0.1, 0.15) is 16.9 Å². The Labute approximate surface area is 169 Å². The van der Waals surface area contributed by atoms with E-state index >= 15 is 0 Å². The van der Waals surface area contributed by atoms with Crippen LogP contribution in [0.25, 0.3) is 16.7 Å². The number of aromatic amines is 1. The van der Waals surface area contributed by atoms with Crippen molar-refractivity contribution in [2.75, 3.05) is 11.1 Å². The molecular weight excluding hydrogens is 392 g/mol. The van der Waals surface area contributed by atoms with Crippen molar-refractivity contribution in [2.24, 2.45) is 0 Å². The Balaban J connectivity index is 1.60. The number of carbonyl (C=O) groups excluding carboxylic acids is 1. The fourth-order valence-corrected chi connectivity index (χ4v) is 3.50. The largest absolute Gasteiger partial charge is 0.360 e. The number of anilines is 1. The SMILES string of the molecule is Cc1cc(NC(=O)CSc2nc3c(cnn3-c3cccc(C)c3C)c(=O)[nH]2)no1. The number of hydrogen-bond donors (Lipinski definition) is 2. The molecule has 0 bridgehead atoms. The van der Waals surface area contributed by atoms with E-state index in [4.69, 9.17) is 4.52 Å². The molecule has 4 rings (SSSR count). The van der Waals surface area contributed by atoms with Crippen molar-refractivity contribution in [3.05, 3.63) is 57.7 Å². The molecule has 0 aliphatic heterocycles. The topological polar surface area (TPSA) is 119 Å². The van der Waals surface area contributed by atoms with E-state index in [0.717, 1.165) is 28.6 Å². The number of thioether (sulfide) groups is 1. The molecule has 0 atom stereocenters. The molecule has 9 nitrogen and oxygen atoms in total. The molecule has 29 heavy (non-hydrogen) atoms. The maximum Gasteiger partial charge on any atom is 0.262 e. The van der Waals surface area contributed by atoms with Gasteiger partial charge in [0.1, 0.15) is 11.1 Å². The number of hydrogen-bond acceptors (Lipinski definition) is 7. The second-order valence-electron chi connectivity index (χ2n) is 6.54. The van der Waals surface area contributed by atoms with E-state index in [-0.39, 0.29) is 17.2 Å². The maximum absolute atomic E-state index is 12.4. The molecule has 0 saturated heterocycles. The van der Waals surface area contributed by atoms with Gasteiger partial charge in [-0.25, -0.2) is 9.67 Å². The Morgan fingerprint density at radius 2 is 2.14 bits per heavy atom. The van der Waals surface area contributed by atoms with E-state index in [0.29, 0.717) is 27.8 Å². The summed E-state index contributed by atoms with van der Waals surface area (Å²) in [6, 6.07) is 7.50. The van der Waals surface area contributed by atoms with Crippen molar-refractivity contribution in [2.45, 2.75) is 25.9 Å². The van der Waals surface area contributed by atoms with Crippen LogP contribution in [0, 0.1) is 20.8 Å². The minimum Gasteiger partial charge on any atom is -0.360 e. The summed E-state index contributed by atoms with van der Waals surface area (Å²) >= 11 is 1.12. The van der Waals surface area contributed by atoms with Gasteiger partial charge in [-0.3, -0.25) is 9.59 Å². The van der Waals surface area contributed by atoms with E-state index in [1.54, 1.807) is 17.7 Å². The molecule has 1 aromatic carbocycles. The molecule has 3 heterocycles. The number of fused-ring (bicyclic) bond motifs is 1. The molecule has 2 N–H and O–H groups in total. The number of nitrogens with zero attached hydrogens (tertiary/aromatic N) is 4. The zero-order valence-electron chi connectivity index (χ0n) is 16.0. The lowest BCUT2D eigenvalue weighted by Gasteiger charge is -2.09. The summed E-state index contributed by atoms with van der Waals surface area (Å²) in [5.41, 5.74) is 3.16. The lowest BCUT2D eigenvalue weighted by molar-refractivity contribution is -0.113. The molecule has 148 valence electrons. The van der Waals surface area contributed by atoms with Gasteiger partial charge in [-0.2, -0.15) is 5.10 Å². The normalized spacial score (nSPS) is 11.1. The van der Waals surface area contributed by atoms with Crippen LogP contribution >= 0.6 is 11.8 Å². The van der Waals surface area contributed by atoms with E-state index in [2.05, 4.69) is 25.5 Å². The summed E-state index contributed by atoms with van der Waals surface area (Å²) in [4.78, 5) is 31.8. The quantitative estimate of drug-likeness (QED) is 0.383. The van der Waals surface area contributed by atoms with E-state index < -0.39 is 0 Å². The molecular formula is C19H18N6O3S. The predicted octanol–water partition coefficient (Wildman–Crippen LogP) is 2.75. The predicted molar refractivity (Wildman–Crippen MR) is 110 cm³/mol. The van der Waals surface area contributed by atoms with Gasteiger partial charge in [0.05, 0.1) is 17.6 Å². The van der Waals surface area contributed by atoms with Gasteiger partial charge in [0.25, 0.3) is 5.56 Å². The van der Waals surface area contributed by atoms with Crippen molar-refractivity contribution in [1.82, 2.24) is 24.9 Å². The van der Waals surface area contributed by atoms with Gasteiger partial charge in [-0.15, -0.1) is 0 Å². The first-order chi connectivity index (χ1) is 13.9. The zero-order chi connectivity index (χ0) is 20.5. The molecule has 0 saturated carbocycles. The molecule has 1 amide bonds. The Morgan fingerprint density at radius 1 is 1.31 bits per heavy atom. The second kappa shape index (κ2) is 7.55. The number of nitrogens with one attached hydrogen (secondary N) is 2. The smallest absolute Gasteiger partial charge is 0.262 e. The molecule has 10 heteroatoms. The van der Waals surface area contributed by atoms with Crippen LogP contribution < -0.4 is 10.9 Å². The van der Waals surface area contributed by atoms with Crippen molar-refractivity contribution in [1.29, 1.82) is 0 Å². The van der Waals surface area contributed by atoms with Crippen LogP contribution in [-0.2, 0) is 4.79 Å². The lowest BCUT2D eigenvalue weighted by Crippen LogP contribution is -2.16. The van der Waals surface area contributed by atoms with Gasteiger partial charge in [0.2, 0.25) is 5.91 Å². The summed E-state index contributed by atoms with van der Waals surface area (Å²) in [5.74, 6) is 0.717. The highest BCUT2D eigenvalue weighted by Gasteiger charge is 2.15. The van der Waals surface area contributed by atoms with Gasteiger partial charge in [0.15, 0.2) is 16.6 Å². The van der Waals surface area contributed by atoms with Crippen LogP contribution in [0.5, 0.6) is 0 Å². The fraction of sp³-hybridized carbons (Fsp3) is 0.211. The van der Waals surface area contributed by atoms with Crippen molar-refractivity contribution < 1.29 is 9.32 Å². The molecule has 0 aliphatic rings. The highest BCUT2D eigenvalue weighted by atomic mass is 32.2. The summed E-state index contributed by atoms with van der Waals surface area (Å²) in [7, 11) is 0. The monoisotopic (exact) mass is 410 g/mol. The van der Waals surface area contributed by atoms with Crippen molar-refractivity contribution in [3.63, 3.8) is 0 Å². The molecule has 0 unspecified atom stereocenters. The second-order valence-corrected chi connectivity index (χ2v) is 7.51. The third-order valence-electron chi connectivity index (χ3n) is 4.46. The molecule has 0 fully saturated rings. The van der Waals surface area contributed by atoms with Gasteiger partial charge < -0.3 is 14.8 Å². The van der Waals surface area contributed by atoms with Crippen LogP contribution in [0.15, 0.2) is 44.9 Å². The lowest BCUT2D eigenvalue weighted by atomic mass is 10.1. The van der Waals surface area contributed by atoms with Gasteiger partial charge in [-0.05, 0) is 38.0 Å². The maximum atomic E-state index is 12.4. The summed E-state index contributed by atoms with van der Waals surface area (Å²) in [6.07, 6.45) is 1.50. The number of aryl methyl sites for hydroxylation is 2. The average molecular weight is 410 g/mol. The highest BCUT2D eigenvalue weighted by Crippen LogP contribution is 2.22. The van der Waals surface area contributed by atoms with Crippen LogP contribution in [0.4, 0.5) is 5.82 Å². The number of benzene rings is 1. The number of amides is 1. The minimum atomic E-state index is -0.304. The average Bonchev–Trinajstić information content (AvgIpc) is 3.29. The summed E-state index contributed by atoms with van der Waals surface area (Å²) in [6.45, 7) is 5.75. The summed E-state index contributed by atoms with van der Waals surface area (Å²) < 4.78 is 6.56. The summed E-state index contributed by atoms with van der Waals surface area (Å²) in [5, 5.41) is 11.4. The molecule has 4 aromatic rings. The highest BCUT2D eigenvalue weighted by molar-refractivity contribution is 7.99. The van der Waals surface area contributed by atoms with E-state index in [1.807, 2.05) is 32.0 Å². The Bertz CT molecular complexity index is 1270. The molecule has 0 spiro atoms. The number of aromatic nitrogens is 5. The number of rotatable bonds is 5. The standard InChI is InChI=1S/C19H18N6O3S/c1-10-5-4-6-14(12(10)3)25-17-13(8-20-25)18(27)23-19(22-17)29-9-16(26)21-15-7-11(2)28-24-15/h4-8H,9H2,1-3H3,(H,21,24,26)(H,22,23,27). The van der Waals surface area contributed by atoms with E-state index in [9.17, 15) is 9.59 Å². The molecule has 3 aromatic heterocycles. The van der Waals surface area contributed by atoms with Gasteiger partial charge in [-0.1, -0.05) is 29.1 Å². The first-order valence-corrected chi connectivity index (χ1v) is 9.81. The Hall–Kier alpha value is -3.40. The van der Waals surface area contributed by atoms with Crippen LogP contribution in [0.2, 0.25) is 0 Å². The fourth-order valence-electron chi connectivity index (χ4n) is 2.85. The Kier molecular flexibility index (Phi) is 4.93. The Morgan fingerprint density at radius 3 is 2.90 bits per heavy atom. The van der Waals surface area contributed by atoms with Crippen molar-refractivity contribution in [3.8, 4) is 5.69 Å². The van der Waals surface area contributed by atoms with Crippen molar-refractivity contribution >= 4 is 34.5 Å². The number of H-pyrrole nitrogens is 1. The zero-order valence-corrected chi connectivity index (χ0v) is 16.8. The van der Waals surface area contributed by atoms with Crippen LogP contribution in [0.3, 0.4) is 0 Å². The number of carbonyl (C=O) groups is 1. The minimum absolute atomic E-state index is 0.0535. The third kappa shape index (κ3) is 3.79. The first kappa shape index (κ1) is 18.9. The first-order valence-electron chi connectivity index (χ1n) is 8.83. The van der Waals surface area contributed by atoms with E-state index in [1.165, 1.54) is 6.20 Å². The van der Waals surface area contributed by atoms with Crippen LogP contribution in [-0.4, -0.2) is 36.6 Å². The van der Waals surface area contributed by atoms with Gasteiger partial charge in [0, 0.05) is 6.07 Å². The van der Waals surface area contributed by atoms with Gasteiger partial charge >= 0.3 is 0 Å². The molecule has 0 aliphatic carbocycles. The molecule has 0 radical (unpaired) electrons. The third-order valence-corrected chi connectivity index (χ3v) is 5.33.